The Balaban J connectivity index is 1.31. The van der Waals surface area contributed by atoms with Crippen molar-refractivity contribution in [1.82, 2.24) is 15.4 Å². The van der Waals surface area contributed by atoms with E-state index in [0.29, 0.717) is 37.9 Å². The van der Waals surface area contributed by atoms with Crippen molar-refractivity contribution in [3.63, 3.8) is 0 Å². The molecule has 1 atom stereocenters. The summed E-state index contributed by atoms with van der Waals surface area (Å²) in [6.07, 6.45) is 8.58. The van der Waals surface area contributed by atoms with E-state index in [9.17, 15) is 4.79 Å². The monoisotopic (exact) mass is 398 g/mol. The minimum Gasteiger partial charge on any atom is -0.375 e. The number of nitrogens with zero attached hydrogens (tertiary/aromatic N) is 2. The third kappa shape index (κ3) is 7.98. The first kappa shape index (κ1) is 20.9. The van der Waals surface area contributed by atoms with Gasteiger partial charge < -0.3 is 14.8 Å². The number of anilines is 1. The smallest absolute Gasteiger partial charge is 0.267 e. The molecule has 0 spiro atoms. The first-order valence-electron chi connectivity index (χ1n) is 9.72. The normalized spacial score (nSPS) is 16.6. The van der Waals surface area contributed by atoms with Crippen molar-refractivity contribution in [2.45, 2.75) is 32.2 Å². The fourth-order valence-corrected chi connectivity index (χ4v) is 2.65. The molecule has 0 radical (unpaired) electrons. The van der Waals surface area contributed by atoms with Crippen LogP contribution in [0, 0.1) is 0 Å². The Bertz CT molecular complexity index is 762. The van der Waals surface area contributed by atoms with Crippen LogP contribution in [0.3, 0.4) is 0 Å². The standard InChI is InChI=1S/C21H26N4O4/c26-20(25-29-21-8-4-5-12-28-21)10-9-18-14-24-19(15-23-18)22-11-13-27-16-17-6-2-1-3-7-17/h1-3,6-7,9-10,14-15,21H,4-5,8,11-13,16H2,(H,22,24)(H,25,26)/b10-9+. The fourth-order valence-electron chi connectivity index (χ4n) is 2.65. The molecule has 1 unspecified atom stereocenters. The largest absolute Gasteiger partial charge is 0.375 e. The summed E-state index contributed by atoms with van der Waals surface area (Å²) in [5.74, 6) is 0.270. The lowest BCUT2D eigenvalue weighted by Crippen LogP contribution is -2.32. The number of amides is 1. The Kier molecular flexibility index (Phi) is 8.58. The zero-order chi connectivity index (χ0) is 20.2. The molecule has 1 fully saturated rings. The van der Waals surface area contributed by atoms with Crippen LogP contribution in [0.1, 0.15) is 30.5 Å². The summed E-state index contributed by atoms with van der Waals surface area (Å²) in [7, 11) is 0. The van der Waals surface area contributed by atoms with Crippen LogP contribution in [0.15, 0.2) is 48.8 Å². The van der Waals surface area contributed by atoms with E-state index in [-0.39, 0.29) is 12.2 Å². The molecule has 1 aliphatic rings. The van der Waals surface area contributed by atoms with Crippen LogP contribution in [-0.4, -0.2) is 41.9 Å². The van der Waals surface area contributed by atoms with Gasteiger partial charge >= 0.3 is 0 Å². The third-order valence-electron chi connectivity index (χ3n) is 4.17. The summed E-state index contributed by atoms with van der Waals surface area (Å²) < 4.78 is 11.0. The molecule has 2 N–H and O–H groups in total. The molecule has 29 heavy (non-hydrogen) atoms. The van der Waals surface area contributed by atoms with Gasteiger partial charge in [0.15, 0.2) is 6.29 Å². The topological polar surface area (TPSA) is 94.6 Å². The lowest BCUT2D eigenvalue weighted by Gasteiger charge is -2.21. The van der Waals surface area contributed by atoms with Gasteiger partial charge in [-0.15, -0.1) is 0 Å². The second kappa shape index (κ2) is 11.9. The molecule has 8 heteroatoms. The molecule has 1 aromatic carbocycles. The van der Waals surface area contributed by atoms with Gasteiger partial charge in [-0.05, 0) is 24.5 Å². The minimum absolute atomic E-state index is 0.372. The fraction of sp³-hybridized carbons (Fsp3) is 0.381. The zero-order valence-corrected chi connectivity index (χ0v) is 16.3. The van der Waals surface area contributed by atoms with Crippen LogP contribution in [0.2, 0.25) is 0 Å². The van der Waals surface area contributed by atoms with Gasteiger partial charge in [0, 0.05) is 25.6 Å². The molecule has 0 aliphatic carbocycles. The molecule has 1 amide bonds. The number of aromatic nitrogens is 2. The molecule has 1 saturated heterocycles. The molecule has 2 aromatic rings. The predicted octanol–water partition coefficient (Wildman–Crippen LogP) is 2.69. The highest BCUT2D eigenvalue weighted by atomic mass is 16.8. The van der Waals surface area contributed by atoms with Crippen LogP contribution >= 0.6 is 0 Å². The summed E-state index contributed by atoms with van der Waals surface area (Å²) in [5, 5.41) is 3.14. The van der Waals surface area contributed by atoms with Crippen molar-refractivity contribution in [2.75, 3.05) is 25.1 Å². The van der Waals surface area contributed by atoms with Crippen molar-refractivity contribution in [2.24, 2.45) is 0 Å². The molecule has 3 rings (SSSR count). The van der Waals surface area contributed by atoms with E-state index >= 15 is 0 Å². The Morgan fingerprint density at radius 3 is 2.86 bits per heavy atom. The highest BCUT2D eigenvalue weighted by Gasteiger charge is 2.14. The van der Waals surface area contributed by atoms with Crippen LogP contribution in [0.5, 0.6) is 0 Å². The van der Waals surface area contributed by atoms with E-state index < -0.39 is 0 Å². The number of benzene rings is 1. The summed E-state index contributed by atoms with van der Waals surface area (Å²) in [6, 6.07) is 10.0. The first-order valence-corrected chi connectivity index (χ1v) is 9.72. The van der Waals surface area contributed by atoms with E-state index in [0.717, 1.165) is 24.8 Å². The second-order valence-electron chi connectivity index (χ2n) is 6.51. The number of hydrogen-bond donors (Lipinski definition) is 2. The van der Waals surface area contributed by atoms with Gasteiger partial charge in [0.05, 0.1) is 31.3 Å². The SMILES string of the molecule is O=C(/C=C/c1cnc(NCCOCc2ccccc2)cn1)NOC1CCCCO1. The van der Waals surface area contributed by atoms with Crippen LogP contribution in [0.25, 0.3) is 6.08 Å². The van der Waals surface area contributed by atoms with E-state index in [1.165, 1.54) is 6.08 Å². The van der Waals surface area contributed by atoms with E-state index in [1.807, 2.05) is 30.3 Å². The van der Waals surface area contributed by atoms with Gasteiger partial charge in [-0.2, -0.15) is 0 Å². The first-order chi connectivity index (χ1) is 14.3. The summed E-state index contributed by atoms with van der Waals surface area (Å²) in [6.45, 7) is 2.42. The minimum atomic E-state index is -0.376. The van der Waals surface area contributed by atoms with Gasteiger partial charge in [-0.3, -0.25) is 9.78 Å². The Labute approximate surface area is 170 Å². The van der Waals surface area contributed by atoms with Crippen molar-refractivity contribution in [1.29, 1.82) is 0 Å². The van der Waals surface area contributed by atoms with Gasteiger partial charge in [0.1, 0.15) is 5.82 Å². The Hall–Kier alpha value is -2.81. The number of nitrogens with one attached hydrogen (secondary N) is 2. The molecule has 0 saturated carbocycles. The Morgan fingerprint density at radius 2 is 2.10 bits per heavy atom. The molecule has 2 heterocycles. The lowest BCUT2D eigenvalue weighted by molar-refractivity contribution is -0.198. The summed E-state index contributed by atoms with van der Waals surface area (Å²) in [4.78, 5) is 25.5. The average molecular weight is 398 g/mol. The second-order valence-corrected chi connectivity index (χ2v) is 6.51. The molecular weight excluding hydrogens is 372 g/mol. The molecular formula is C21H26N4O4. The number of hydrogen-bond acceptors (Lipinski definition) is 7. The molecule has 8 nitrogen and oxygen atoms in total. The number of hydroxylamine groups is 1. The molecule has 0 bridgehead atoms. The maximum atomic E-state index is 11.8. The quantitative estimate of drug-likeness (QED) is 0.361. The average Bonchev–Trinajstić information content (AvgIpc) is 2.78. The maximum absolute atomic E-state index is 11.8. The maximum Gasteiger partial charge on any atom is 0.267 e. The number of carbonyl (C=O) groups excluding carboxylic acids is 1. The van der Waals surface area contributed by atoms with Crippen LogP contribution in [-0.2, 0) is 25.7 Å². The van der Waals surface area contributed by atoms with E-state index in [4.69, 9.17) is 14.3 Å². The molecule has 1 aliphatic heterocycles. The predicted molar refractivity (Wildman–Crippen MR) is 108 cm³/mol. The van der Waals surface area contributed by atoms with Crippen molar-refractivity contribution in [3.8, 4) is 0 Å². The van der Waals surface area contributed by atoms with Crippen molar-refractivity contribution < 1.29 is 19.1 Å². The van der Waals surface area contributed by atoms with E-state index in [2.05, 4.69) is 20.8 Å². The van der Waals surface area contributed by atoms with E-state index in [1.54, 1.807) is 18.5 Å². The number of rotatable bonds is 10. The molecule has 154 valence electrons. The summed E-state index contributed by atoms with van der Waals surface area (Å²) in [5.41, 5.74) is 4.07. The van der Waals surface area contributed by atoms with Gasteiger partial charge in [-0.1, -0.05) is 30.3 Å². The van der Waals surface area contributed by atoms with Gasteiger partial charge in [0.2, 0.25) is 0 Å². The van der Waals surface area contributed by atoms with Crippen LogP contribution < -0.4 is 10.8 Å². The number of ether oxygens (including phenoxy) is 2. The third-order valence-corrected chi connectivity index (χ3v) is 4.17. The highest BCUT2D eigenvalue weighted by molar-refractivity contribution is 5.90. The zero-order valence-electron chi connectivity index (χ0n) is 16.3. The van der Waals surface area contributed by atoms with Crippen LogP contribution in [0.4, 0.5) is 5.82 Å². The Morgan fingerprint density at radius 1 is 1.21 bits per heavy atom. The van der Waals surface area contributed by atoms with Crippen molar-refractivity contribution >= 4 is 17.8 Å². The van der Waals surface area contributed by atoms with Gasteiger partial charge in [-0.25, -0.2) is 15.3 Å². The van der Waals surface area contributed by atoms with Gasteiger partial charge in [0.25, 0.3) is 5.91 Å². The van der Waals surface area contributed by atoms with Crippen molar-refractivity contribution in [3.05, 3.63) is 60.1 Å². The lowest BCUT2D eigenvalue weighted by atomic mass is 10.2. The molecule has 1 aromatic heterocycles. The highest BCUT2D eigenvalue weighted by Crippen LogP contribution is 2.12. The summed E-state index contributed by atoms with van der Waals surface area (Å²) >= 11 is 0. The number of carbonyl (C=O) groups is 1.